The molecule has 23 heavy (non-hydrogen) atoms. The Labute approximate surface area is 138 Å². The van der Waals surface area contributed by atoms with Gasteiger partial charge in [-0.1, -0.05) is 18.6 Å². The van der Waals surface area contributed by atoms with Crippen LogP contribution in [0.2, 0.25) is 0 Å². The summed E-state index contributed by atoms with van der Waals surface area (Å²) < 4.78 is 18.2. The summed E-state index contributed by atoms with van der Waals surface area (Å²) in [5.41, 5.74) is 7.98. The van der Waals surface area contributed by atoms with Gasteiger partial charge in [-0.05, 0) is 37.1 Å². The van der Waals surface area contributed by atoms with E-state index in [9.17, 15) is 4.39 Å². The van der Waals surface area contributed by atoms with Gasteiger partial charge < -0.3 is 15.4 Å². The van der Waals surface area contributed by atoms with E-state index >= 15 is 0 Å². The van der Waals surface area contributed by atoms with E-state index in [0.29, 0.717) is 6.04 Å². The quantitative estimate of drug-likeness (QED) is 0.904. The molecule has 2 saturated heterocycles. The summed E-state index contributed by atoms with van der Waals surface area (Å²) in [6, 6.07) is 8.36. The van der Waals surface area contributed by atoms with Gasteiger partial charge in [0, 0.05) is 38.5 Å². The zero-order valence-electron chi connectivity index (χ0n) is 14.0. The molecule has 3 atom stereocenters. The molecule has 0 aliphatic carbocycles. The molecule has 4 nitrogen and oxygen atoms in total. The number of anilines is 1. The molecule has 3 rings (SSSR count). The highest BCUT2D eigenvalue weighted by atomic mass is 19.1. The molecule has 2 N–H and O–H groups in total. The summed E-state index contributed by atoms with van der Waals surface area (Å²) in [7, 11) is 1.58. The topological polar surface area (TPSA) is 41.7 Å². The van der Waals surface area contributed by atoms with E-state index in [1.54, 1.807) is 7.11 Å². The van der Waals surface area contributed by atoms with Gasteiger partial charge >= 0.3 is 0 Å². The second-order valence-electron chi connectivity index (χ2n) is 6.70. The SMILES string of the molecule is COC(c1ccc(N2CCN3CCCCC3C2)cc1)C(N)CF. The molecule has 0 spiro atoms. The number of alkyl halides is 1. The summed E-state index contributed by atoms with van der Waals surface area (Å²) >= 11 is 0. The van der Waals surface area contributed by atoms with Crippen molar-refractivity contribution in [3.63, 3.8) is 0 Å². The molecule has 0 saturated carbocycles. The monoisotopic (exact) mass is 321 g/mol. The molecule has 0 radical (unpaired) electrons. The second kappa shape index (κ2) is 7.60. The number of halogens is 1. The number of hydrogen-bond acceptors (Lipinski definition) is 4. The van der Waals surface area contributed by atoms with Gasteiger partial charge in [-0.2, -0.15) is 0 Å². The van der Waals surface area contributed by atoms with Gasteiger partial charge in [0.25, 0.3) is 0 Å². The second-order valence-corrected chi connectivity index (χ2v) is 6.70. The molecule has 3 unspecified atom stereocenters. The van der Waals surface area contributed by atoms with E-state index in [4.69, 9.17) is 10.5 Å². The Morgan fingerprint density at radius 1 is 1.22 bits per heavy atom. The summed E-state index contributed by atoms with van der Waals surface area (Å²) in [4.78, 5) is 5.10. The third-order valence-corrected chi connectivity index (χ3v) is 5.25. The molecular formula is C18H28FN3O. The van der Waals surface area contributed by atoms with E-state index in [2.05, 4.69) is 21.9 Å². The molecule has 0 amide bonds. The van der Waals surface area contributed by atoms with Crippen molar-refractivity contribution >= 4 is 5.69 Å². The number of hydrogen-bond donors (Lipinski definition) is 1. The number of piperazine rings is 1. The molecule has 2 heterocycles. The van der Waals surface area contributed by atoms with Gasteiger partial charge in [-0.25, -0.2) is 4.39 Å². The predicted molar refractivity (Wildman–Crippen MR) is 91.6 cm³/mol. The Bertz CT molecular complexity index is 496. The highest BCUT2D eigenvalue weighted by Crippen LogP contribution is 2.27. The number of piperidine rings is 1. The number of rotatable bonds is 5. The summed E-state index contributed by atoms with van der Waals surface area (Å²) in [6.45, 7) is 4.02. The van der Waals surface area contributed by atoms with Gasteiger partial charge in [0.1, 0.15) is 6.67 Å². The van der Waals surface area contributed by atoms with Gasteiger partial charge in [-0.15, -0.1) is 0 Å². The lowest BCUT2D eigenvalue weighted by Gasteiger charge is -2.45. The number of benzene rings is 1. The molecular weight excluding hydrogens is 293 g/mol. The van der Waals surface area contributed by atoms with Crippen molar-refractivity contribution in [2.75, 3.05) is 44.9 Å². The van der Waals surface area contributed by atoms with Crippen molar-refractivity contribution in [3.05, 3.63) is 29.8 Å². The van der Waals surface area contributed by atoms with Crippen molar-refractivity contribution in [2.24, 2.45) is 5.73 Å². The van der Waals surface area contributed by atoms with Crippen molar-refractivity contribution in [3.8, 4) is 0 Å². The molecule has 1 aromatic rings. The Hall–Kier alpha value is -1.17. The van der Waals surface area contributed by atoms with Crippen LogP contribution in [0.1, 0.15) is 30.9 Å². The maximum atomic E-state index is 12.8. The van der Waals surface area contributed by atoms with Crippen molar-refractivity contribution in [2.45, 2.75) is 37.5 Å². The van der Waals surface area contributed by atoms with Crippen LogP contribution in [0.15, 0.2) is 24.3 Å². The van der Waals surface area contributed by atoms with Crippen molar-refractivity contribution in [1.82, 2.24) is 4.90 Å². The molecule has 2 aliphatic heterocycles. The lowest BCUT2D eigenvalue weighted by molar-refractivity contribution is 0.0721. The average Bonchev–Trinajstić information content (AvgIpc) is 2.62. The van der Waals surface area contributed by atoms with E-state index in [1.165, 1.54) is 31.5 Å². The third-order valence-electron chi connectivity index (χ3n) is 5.25. The number of nitrogens with two attached hydrogens (primary N) is 1. The van der Waals surface area contributed by atoms with Crippen LogP contribution in [0, 0.1) is 0 Å². The van der Waals surface area contributed by atoms with Crippen LogP contribution in [0.25, 0.3) is 0 Å². The van der Waals surface area contributed by atoms with E-state index in [1.807, 2.05) is 12.1 Å². The largest absolute Gasteiger partial charge is 0.375 e. The van der Waals surface area contributed by atoms with E-state index in [-0.39, 0.29) is 6.10 Å². The maximum Gasteiger partial charge on any atom is 0.107 e. The number of nitrogens with zero attached hydrogens (tertiary/aromatic N) is 2. The first kappa shape index (κ1) is 16.7. The smallest absolute Gasteiger partial charge is 0.107 e. The zero-order chi connectivity index (χ0) is 16.2. The number of methoxy groups -OCH3 is 1. The van der Waals surface area contributed by atoms with Gasteiger partial charge in [0.15, 0.2) is 0 Å². The summed E-state index contributed by atoms with van der Waals surface area (Å²) in [5, 5.41) is 0. The highest BCUT2D eigenvalue weighted by molar-refractivity contribution is 5.48. The Morgan fingerprint density at radius 3 is 2.70 bits per heavy atom. The van der Waals surface area contributed by atoms with Gasteiger partial charge in [0.05, 0.1) is 12.1 Å². The fraction of sp³-hybridized carbons (Fsp3) is 0.667. The molecule has 1 aromatic carbocycles. The van der Waals surface area contributed by atoms with Gasteiger partial charge in [-0.3, -0.25) is 4.90 Å². The normalized spacial score (nSPS) is 25.0. The highest BCUT2D eigenvalue weighted by Gasteiger charge is 2.29. The fourth-order valence-corrected chi connectivity index (χ4v) is 3.90. The minimum atomic E-state index is -0.614. The van der Waals surface area contributed by atoms with Crippen LogP contribution in [0.4, 0.5) is 10.1 Å². The number of fused-ring (bicyclic) bond motifs is 1. The lowest BCUT2D eigenvalue weighted by Crippen LogP contribution is -2.54. The van der Waals surface area contributed by atoms with E-state index < -0.39 is 12.7 Å². The Morgan fingerprint density at radius 2 is 2.00 bits per heavy atom. The Kier molecular flexibility index (Phi) is 5.51. The summed E-state index contributed by atoms with van der Waals surface area (Å²) in [5.74, 6) is 0. The predicted octanol–water partition coefficient (Wildman–Crippen LogP) is 2.35. The maximum absolute atomic E-state index is 12.8. The average molecular weight is 321 g/mol. The van der Waals surface area contributed by atoms with Crippen LogP contribution in [-0.4, -0.2) is 56.9 Å². The molecule has 2 fully saturated rings. The first-order valence-electron chi connectivity index (χ1n) is 8.66. The van der Waals surface area contributed by atoms with Crippen molar-refractivity contribution in [1.29, 1.82) is 0 Å². The van der Waals surface area contributed by atoms with Crippen LogP contribution in [0.3, 0.4) is 0 Å². The minimum absolute atomic E-state index is 0.385. The first-order valence-corrected chi connectivity index (χ1v) is 8.66. The Balaban J connectivity index is 1.67. The molecule has 128 valence electrons. The first-order chi connectivity index (χ1) is 11.2. The lowest BCUT2D eigenvalue weighted by atomic mass is 9.98. The minimum Gasteiger partial charge on any atom is -0.375 e. The van der Waals surface area contributed by atoms with Crippen molar-refractivity contribution < 1.29 is 9.13 Å². The van der Waals surface area contributed by atoms with Crippen LogP contribution < -0.4 is 10.6 Å². The van der Waals surface area contributed by atoms with Crippen LogP contribution >= 0.6 is 0 Å². The van der Waals surface area contributed by atoms with Crippen LogP contribution in [0.5, 0.6) is 0 Å². The molecule has 0 aromatic heterocycles. The van der Waals surface area contributed by atoms with Crippen LogP contribution in [-0.2, 0) is 4.74 Å². The molecule has 2 aliphatic rings. The van der Waals surface area contributed by atoms with Gasteiger partial charge in [0.2, 0.25) is 0 Å². The van der Waals surface area contributed by atoms with E-state index in [0.717, 1.165) is 25.2 Å². The zero-order valence-corrected chi connectivity index (χ0v) is 14.0. The molecule has 0 bridgehead atoms. The molecule has 5 heteroatoms. The third kappa shape index (κ3) is 3.67. The fourth-order valence-electron chi connectivity index (χ4n) is 3.90. The number of ether oxygens (including phenoxy) is 1. The standard InChI is InChI=1S/C18H28FN3O/c1-23-18(17(20)12-19)14-5-7-15(8-6-14)22-11-10-21-9-3-2-4-16(21)13-22/h5-8,16-18H,2-4,9-13,20H2,1H3. The summed E-state index contributed by atoms with van der Waals surface area (Å²) in [6.07, 6.45) is 3.62.